The van der Waals surface area contributed by atoms with E-state index in [2.05, 4.69) is 11.7 Å². The zero-order valence-electron chi connectivity index (χ0n) is 18.3. The number of rotatable bonds is 6. The largest absolute Gasteiger partial charge is 0.496 e. The quantitative estimate of drug-likeness (QED) is 0.214. The Morgan fingerprint density at radius 1 is 1.16 bits per heavy atom. The monoisotopic (exact) mass is 450 g/mol. The van der Waals surface area contributed by atoms with Crippen LogP contribution in [0.4, 0.5) is 23.2 Å². The standard InChI is InChI=1S/C24H26F4N2O2/c1-15-7-5-6-12-30(15)22-10-8-18(13-21(22)24(26,27)28)17(3)32-29-16(2)20-14-19(25)9-11-23(20)31-4/h8-11,13-15H,3,5-7,12H2,1-2,4H3/b29-16+. The van der Waals surface area contributed by atoms with Crippen molar-refractivity contribution < 1.29 is 27.1 Å². The summed E-state index contributed by atoms with van der Waals surface area (Å²) in [6.45, 7) is 7.81. The molecule has 0 aliphatic carbocycles. The normalized spacial score (nSPS) is 17.3. The van der Waals surface area contributed by atoms with E-state index in [9.17, 15) is 17.6 Å². The highest BCUT2D eigenvalue weighted by atomic mass is 19.4. The molecule has 1 aliphatic rings. The highest BCUT2D eigenvalue weighted by Gasteiger charge is 2.36. The maximum absolute atomic E-state index is 13.9. The summed E-state index contributed by atoms with van der Waals surface area (Å²) >= 11 is 0. The fourth-order valence-corrected chi connectivity index (χ4v) is 3.83. The molecule has 32 heavy (non-hydrogen) atoms. The van der Waals surface area contributed by atoms with E-state index in [0.717, 1.165) is 25.3 Å². The summed E-state index contributed by atoms with van der Waals surface area (Å²) in [6, 6.07) is 8.01. The molecule has 2 aromatic carbocycles. The Labute approximate surface area is 185 Å². The van der Waals surface area contributed by atoms with Gasteiger partial charge in [0.2, 0.25) is 0 Å². The number of anilines is 1. The summed E-state index contributed by atoms with van der Waals surface area (Å²) in [5.74, 6) is -0.142. The molecule has 4 nitrogen and oxygen atoms in total. The van der Waals surface area contributed by atoms with E-state index in [0.29, 0.717) is 17.9 Å². The van der Waals surface area contributed by atoms with Gasteiger partial charge in [-0.1, -0.05) is 11.7 Å². The Morgan fingerprint density at radius 2 is 1.91 bits per heavy atom. The minimum absolute atomic E-state index is 0.0312. The number of ether oxygens (including phenoxy) is 1. The van der Waals surface area contributed by atoms with Crippen molar-refractivity contribution in [2.24, 2.45) is 5.16 Å². The molecule has 1 saturated heterocycles. The van der Waals surface area contributed by atoms with Gasteiger partial charge in [0.15, 0.2) is 5.76 Å². The second-order valence-electron chi connectivity index (χ2n) is 7.80. The SMILES string of the molecule is C=C(O/N=C(\C)c1cc(F)ccc1OC)c1ccc(N2CCCCC2C)c(C(F)(F)F)c1. The fourth-order valence-electron chi connectivity index (χ4n) is 3.83. The van der Waals surface area contributed by atoms with Gasteiger partial charge in [-0.2, -0.15) is 13.2 Å². The van der Waals surface area contributed by atoms with Gasteiger partial charge in [-0.05, 0) is 69.5 Å². The number of oxime groups is 1. The van der Waals surface area contributed by atoms with E-state index >= 15 is 0 Å². The zero-order chi connectivity index (χ0) is 23.5. The zero-order valence-corrected chi connectivity index (χ0v) is 18.3. The maximum Gasteiger partial charge on any atom is 0.418 e. The van der Waals surface area contributed by atoms with Crippen LogP contribution in [-0.2, 0) is 11.0 Å². The summed E-state index contributed by atoms with van der Waals surface area (Å²) in [7, 11) is 1.44. The second kappa shape index (κ2) is 9.63. The Kier molecular flexibility index (Phi) is 7.11. The van der Waals surface area contributed by atoms with E-state index in [4.69, 9.17) is 9.57 Å². The molecular formula is C24H26F4N2O2. The Hall–Kier alpha value is -3.03. The number of benzene rings is 2. The molecular weight excluding hydrogens is 424 g/mol. The van der Waals surface area contributed by atoms with Gasteiger partial charge in [0.1, 0.15) is 11.6 Å². The Bertz CT molecular complexity index is 1020. The number of piperidine rings is 1. The van der Waals surface area contributed by atoms with Crippen LogP contribution in [0.3, 0.4) is 0 Å². The van der Waals surface area contributed by atoms with Crippen molar-refractivity contribution in [2.45, 2.75) is 45.3 Å². The van der Waals surface area contributed by atoms with Crippen LogP contribution in [0.25, 0.3) is 5.76 Å². The van der Waals surface area contributed by atoms with Gasteiger partial charge in [-0.25, -0.2) is 4.39 Å². The van der Waals surface area contributed by atoms with Crippen molar-refractivity contribution in [3.8, 4) is 5.75 Å². The lowest BCUT2D eigenvalue weighted by atomic mass is 9.99. The van der Waals surface area contributed by atoms with Crippen molar-refractivity contribution in [1.82, 2.24) is 0 Å². The van der Waals surface area contributed by atoms with Crippen molar-refractivity contribution in [1.29, 1.82) is 0 Å². The molecule has 0 spiro atoms. The van der Waals surface area contributed by atoms with Crippen molar-refractivity contribution in [2.75, 3.05) is 18.6 Å². The smallest absolute Gasteiger partial charge is 0.418 e. The summed E-state index contributed by atoms with van der Waals surface area (Å²) in [5.41, 5.74) is 0.239. The van der Waals surface area contributed by atoms with Crippen molar-refractivity contribution in [3.63, 3.8) is 0 Å². The van der Waals surface area contributed by atoms with Crippen LogP contribution in [0.2, 0.25) is 0 Å². The molecule has 0 saturated carbocycles. The number of alkyl halides is 3. The van der Waals surface area contributed by atoms with Crippen LogP contribution in [0, 0.1) is 5.82 Å². The van der Waals surface area contributed by atoms with Crippen LogP contribution in [0.15, 0.2) is 48.1 Å². The lowest BCUT2D eigenvalue weighted by Gasteiger charge is -2.37. The van der Waals surface area contributed by atoms with E-state index in [1.807, 2.05) is 6.92 Å². The number of hydrogen-bond donors (Lipinski definition) is 0. The molecule has 0 amide bonds. The third kappa shape index (κ3) is 5.23. The van der Waals surface area contributed by atoms with E-state index < -0.39 is 17.6 Å². The van der Waals surface area contributed by atoms with Gasteiger partial charge in [-0.3, -0.25) is 0 Å². The van der Waals surface area contributed by atoms with Crippen molar-refractivity contribution in [3.05, 3.63) is 65.5 Å². The Morgan fingerprint density at radius 3 is 2.56 bits per heavy atom. The molecule has 172 valence electrons. The van der Waals surface area contributed by atoms with Gasteiger partial charge in [-0.15, -0.1) is 0 Å². The van der Waals surface area contributed by atoms with Crippen LogP contribution in [0.5, 0.6) is 5.75 Å². The Balaban J connectivity index is 1.87. The number of hydrogen-bond acceptors (Lipinski definition) is 4. The van der Waals surface area contributed by atoms with E-state index in [1.165, 1.54) is 31.4 Å². The molecule has 0 N–H and O–H groups in total. The molecule has 1 heterocycles. The summed E-state index contributed by atoms with van der Waals surface area (Å²) < 4.78 is 60.4. The van der Waals surface area contributed by atoms with Gasteiger partial charge in [0, 0.05) is 29.4 Å². The molecule has 0 aromatic heterocycles. The van der Waals surface area contributed by atoms with Gasteiger partial charge >= 0.3 is 6.18 Å². The van der Waals surface area contributed by atoms with Crippen molar-refractivity contribution >= 4 is 17.2 Å². The highest BCUT2D eigenvalue weighted by molar-refractivity contribution is 6.00. The predicted octanol–water partition coefficient (Wildman–Crippen LogP) is 6.64. The van der Waals surface area contributed by atoms with Gasteiger partial charge in [0.05, 0.1) is 18.4 Å². The third-order valence-corrected chi connectivity index (χ3v) is 5.58. The summed E-state index contributed by atoms with van der Waals surface area (Å²) in [5, 5.41) is 3.92. The van der Waals surface area contributed by atoms with Crippen LogP contribution < -0.4 is 9.64 Å². The minimum atomic E-state index is -4.53. The molecule has 1 unspecified atom stereocenters. The summed E-state index contributed by atoms with van der Waals surface area (Å²) in [4.78, 5) is 7.10. The molecule has 0 radical (unpaired) electrons. The maximum atomic E-state index is 13.9. The molecule has 0 bridgehead atoms. The van der Waals surface area contributed by atoms with Gasteiger partial charge < -0.3 is 14.5 Å². The first kappa shape index (κ1) is 23.6. The lowest BCUT2D eigenvalue weighted by Crippen LogP contribution is -2.38. The number of methoxy groups -OCH3 is 1. The molecule has 1 aliphatic heterocycles. The number of nitrogens with zero attached hydrogens (tertiary/aromatic N) is 2. The average molecular weight is 450 g/mol. The van der Waals surface area contributed by atoms with E-state index in [1.54, 1.807) is 17.9 Å². The molecule has 8 heteroatoms. The summed E-state index contributed by atoms with van der Waals surface area (Å²) in [6.07, 6.45) is -1.81. The van der Waals surface area contributed by atoms with Crippen LogP contribution in [0.1, 0.15) is 49.8 Å². The van der Waals surface area contributed by atoms with E-state index in [-0.39, 0.29) is 28.8 Å². The van der Waals surface area contributed by atoms with Crippen LogP contribution in [-0.4, -0.2) is 25.4 Å². The number of halogens is 4. The average Bonchev–Trinajstić information content (AvgIpc) is 2.76. The molecule has 1 atom stereocenters. The third-order valence-electron chi connectivity index (χ3n) is 5.58. The topological polar surface area (TPSA) is 34.1 Å². The predicted molar refractivity (Wildman–Crippen MR) is 117 cm³/mol. The second-order valence-corrected chi connectivity index (χ2v) is 7.80. The first-order valence-corrected chi connectivity index (χ1v) is 10.3. The highest BCUT2D eigenvalue weighted by Crippen LogP contribution is 2.40. The van der Waals surface area contributed by atoms with Crippen LogP contribution >= 0.6 is 0 Å². The minimum Gasteiger partial charge on any atom is -0.496 e. The lowest BCUT2D eigenvalue weighted by molar-refractivity contribution is -0.137. The molecule has 3 rings (SSSR count). The first-order chi connectivity index (χ1) is 15.1. The molecule has 1 fully saturated rings. The first-order valence-electron chi connectivity index (χ1n) is 10.3. The fraction of sp³-hybridized carbons (Fsp3) is 0.375. The van der Waals surface area contributed by atoms with Gasteiger partial charge in [0.25, 0.3) is 0 Å². The molecule has 2 aromatic rings.